The lowest BCUT2D eigenvalue weighted by Crippen LogP contribution is -2.16. The van der Waals surface area contributed by atoms with Gasteiger partial charge in [-0.3, -0.25) is 4.98 Å². The van der Waals surface area contributed by atoms with Crippen LogP contribution in [0.1, 0.15) is 6.92 Å². The molecule has 1 aliphatic rings. The topological polar surface area (TPSA) is 54.7 Å². The van der Waals surface area contributed by atoms with E-state index in [1.165, 1.54) is 11.6 Å². The Bertz CT molecular complexity index is 527. The molecule has 90 valence electrons. The van der Waals surface area contributed by atoms with Crippen LogP contribution >= 0.6 is 0 Å². The number of azo groups is 1. The Morgan fingerprint density at radius 2 is 1.94 bits per heavy atom. The second-order valence-corrected chi connectivity index (χ2v) is 4.07. The molecule has 0 saturated carbocycles. The summed E-state index contributed by atoms with van der Waals surface area (Å²) in [5.41, 5.74) is 0.394. The normalized spacial score (nSPS) is 20.5. The SMILES string of the molecule is CC1(C=O)C=CN=N1.c1ccc2ncccc2c1. The van der Waals surface area contributed by atoms with Crippen LogP contribution in [-0.4, -0.2) is 16.8 Å². The van der Waals surface area contributed by atoms with Gasteiger partial charge in [0, 0.05) is 17.8 Å². The van der Waals surface area contributed by atoms with Gasteiger partial charge in [0.2, 0.25) is 0 Å². The highest BCUT2D eigenvalue weighted by Gasteiger charge is 2.20. The molecule has 0 spiro atoms. The fourth-order valence-corrected chi connectivity index (χ4v) is 1.45. The summed E-state index contributed by atoms with van der Waals surface area (Å²) >= 11 is 0. The van der Waals surface area contributed by atoms with Gasteiger partial charge in [0.15, 0.2) is 11.8 Å². The van der Waals surface area contributed by atoms with Crippen molar-refractivity contribution in [1.82, 2.24) is 4.98 Å². The second kappa shape index (κ2) is 5.31. The predicted octanol–water partition coefficient (Wildman–Crippen LogP) is 3.16. The average Bonchev–Trinajstić information content (AvgIpc) is 2.87. The van der Waals surface area contributed by atoms with Crippen molar-refractivity contribution in [2.75, 3.05) is 0 Å². The van der Waals surface area contributed by atoms with Gasteiger partial charge in [-0.05, 0) is 25.1 Å². The summed E-state index contributed by atoms with van der Waals surface area (Å²) in [5.74, 6) is 0. The van der Waals surface area contributed by atoms with E-state index in [1.807, 2.05) is 30.5 Å². The maximum Gasteiger partial charge on any atom is 0.154 e. The van der Waals surface area contributed by atoms with Crippen molar-refractivity contribution in [3.63, 3.8) is 0 Å². The number of rotatable bonds is 1. The number of benzene rings is 1. The van der Waals surface area contributed by atoms with Crippen molar-refractivity contribution in [2.45, 2.75) is 12.5 Å². The molecular formula is C14H13N3O. The van der Waals surface area contributed by atoms with Crippen molar-refractivity contribution in [1.29, 1.82) is 0 Å². The molecule has 1 atom stereocenters. The number of hydrogen-bond acceptors (Lipinski definition) is 4. The Kier molecular flexibility index (Phi) is 3.57. The number of hydrogen-bond donors (Lipinski definition) is 0. The maximum atomic E-state index is 10.1. The van der Waals surface area contributed by atoms with Gasteiger partial charge in [-0.15, -0.1) is 0 Å². The Hall–Kier alpha value is -2.36. The van der Waals surface area contributed by atoms with E-state index in [0.717, 1.165) is 11.8 Å². The maximum absolute atomic E-state index is 10.1. The van der Waals surface area contributed by atoms with E-state index >= 15 is 0 Å². The van der Waals surface area contributed by atoms with E-state index in [2.05, 4.69) is 27.3 Å². The predicted molar refractivity (Wildman–Crippen MR) is 70.2 cm³/mol. The van der Waals surface area contributed by atoms with Crippen molar-refractivity contribution >= 4 is 17.2 Å². The molecule has 1 unspecified atom stereocenters. The summed E-state index contributed by atoms with van der Waals surface area (Å²) in [6.45, 7) is 1.70. The van der Waals surface area contributed by atoms with E-state index in [1.54, 1.807) is 13.0 Å². The number of aldehydes is 1. The van der Waals surface area contributed by atoms with Gasteiger partial charge in [-0.2, -0.15) is 10.2 Å². The molecule has 2 aromatic rings. The van der Waals surface area contributed by atoms with Gasteiger partial charge in [0.05, 0.1) is 5.52 Å². The average molecular weight is 239 g/mol. The third-order valence-corrected chi connectivity index (χ3v) is 2.50. The van der Waals surface area contributed by atoms with Crippen LogP contribution < -0.4 is 0 Å². The molecule has 3 rings (SSSR count). The largest absolute Gasteiger partial charge is 0.300 e. The molecule has 1 aromatic heterocycles. The molecule has 1 aliphatic heterocycles. The molecular weight excluding hydrogens is 226 g/mol. The Morgan fingerprint density at radius 1 is 1.17 bits per heavy atom. The van der Waals surface area contributed by atoms with E-state index < -0.39 is 5.54 Å². The Morgan fingerprint density at radius 3 is 2.56 bits per heavy atom. The number of fused-ring (bicyclic) bond motifs is 1. The quantitative estimate of drug-likeness (QED) is 0.718. The molecule has 0 N–H and O–H groups in total. The first-order valence-corrected chi connectivity index (χ1v) is 5.59. The van der Waals surface area contributed by atoms with Gasteiger partial charge in [0.25, 0.3) is 0 Å². The number of carbonyl (C=O) groups is 1. The van der Waals surface area contributed by atoms with Crippen molar-refractivity contribution in [3.8, 4) is 0 Å². The van der Waals surface area contributed by atoms with Crippen molar-refractivity contribution in [3.05, 3.63) is 54.9 Å². The number of pyridine rings is 1. The van der Waals surface area contributed by atoms with Gasteiger partial charge >= 0.3 is 0 Å². The molecule has 0 saturated heterocycles. The molecule has 4 heteroatoms. The monoisotopic (exact) mass is 239 g/mol. The van der Waals surface area contributed by atoms with Gasteiger partial charge in [-0.1, -0.05) is 24.3 Å². The summed E-state index contributed by atoms with van der Waals surface area (Å²) < 4.78 is 0. The lowest BCUT2D eigenvalue weighted by atomic mass is 10.1. The number of nitrogens with zero attached hydrogens (tertiary/aromatic N) is 3. The van der Waals surface area contributed by atoms with Crippen LogP contribution in [0.2, 0.25) is 0 Å². The highest BCUT2D eigenvalue weighted by molar-refractivity contribution is 5.77. The Balaban J connectivity index is 0.000000138. The van der Waals surface area contributed by atoms with Crippen LogP contribution in [0.4, 0.5) is 0 Å². The van der Waals surface area contributed by atoms with Crippen molar-refractivity contribution < 1.29 is 4.79 Å². The fourth-order valence-electron chi connectivity index (χ4n) is 1.45. The smallest absolute Gasteiger partial charge is 0.154 e. The van der Waals surface area contributed by atoms with Gasteiger partial charge in [-0.25, -0.2) is 0 Å². The minimum absolute atomic E-state index is 0.667. The zero-order valence-electron chi connectivity index (χ0n) is 10.0. The molecule has 0 bridgehead atoms. The summed E-state index contributed by atoms with van der Waals surface area (Å²) in [6, 6.07) is 12.1. The molecule has 0 fully saturated rings. The second-order valence-electron chi connectivity index (χ2n) is 4.07. The lowest BCUT2D eigenvalue weighted by molar-refractivity contribution is -0.110. The fraction of sp³-hybridized carbons (Fsp3) is 0.143. The van der Waals surface area contributed by atoms with E-state index in [-0.39, 0.29) is 0 Å². The van der Waals surface area contributed by atoms with E-state index in [9.17, 15) is 4.79 Å². The molecule has 0 aliphatic carbocycles. The first-order valence-electron chi connectivity index (χ1n) is 5.59. The summed E-state index contributed by atoms with van der Waals surface area (Å²) in [4.78, 5) is 14.3. The summed E-state index contributed by atoms with van der Waals surface area (Å²) in [5, 5.41) is 8.35. The van der Waals surface area contributed by atoms with Crippen LogP contribution in [-0.2, 0) is 4.79 Å². The van der Waals surface area contributed by atoms with Crippen LogP contribution in [0.3, 0.4) is 0 Å². The highest BCUT2D eigenvalue weighted by Crippen LogP contribution is 2.14. The van der Waals surface area contributed by atoms with E-state index in [0.29, 0.717) is 0 Å². The standard InChI is InChI=1S/C9H7N.C5H6N2O/c1-2-6-9-8(4-1)5-3-7-10-9;1-5(4-8)2-3-6-7-5/h1-7H;2-4H,1H3. The zero-order valence-corrected chi connectivity index (χ0v) is 10.0. The van der Waals surface area contributed by atoms with E-state index in [4.69, 9.17) is 0 Å². The van der Waals surface area contributed by atoms with Crippen LogP contribution in [0.15, 0.2) is 65.1 Å². The first kappa shape index (κ1) is 12.1. The third-order valence-electron chi connectivity index (χ3n) is 2.50. The third kappa shape index (κ3) is 2.85. The summed E-state index contributed by atoms with van der Waals surface area (Å²) in [7, 11) is 0. The molecule has 0 radical (unpaired) electrons. The molecule has 4 nitrogen and oxygen atoms in total. The summed E-state index contributed by atoms with van der Waals surface area (Å²) in [6.07, 6.45) is 5.75. The van der Waals surface area contributed by atoms with Crippen LogP contribution in [0, 0.1) is 0 Å². The van der Waals surface area contributed by atoms with Crippen molar-refractivity contribution in [2.24, 2.45) is 10.2 Å². The molecule has 18 heavy (non-hydrogen) atoms. The highest BCUT2D eigenvalue weighted by atomic mass is 16.1. The lowest BCUT2D eigenvalue weighted by Gasteiger charge is -2.02. The van der Waals surface area contributed by atoms with Gasteiger partial charge < -0.3 is 4.79 Å². The molecule has 2 heterocycles. The first-order chi connectivity index (χ1) is 8.73. The number of para-hydroxylation sites is 1. The Labute approximate surface area is 105 Å². The number of aromatic nitrogens is 1. The minimum Gasteiger partial charge on any atom is -0.300 e. The minimum atomic E-state index is -0.667. The molecule has 0 amide bonds. The van der Waals surface area contributed by atoms with Gasteiger partial charge in [0.1, 0.15) is 0 Å². The zero-order chi connectivity index (χ0) is 12.8. The van der Waals surface area contributed by atoms with Crippen LogP contribution in [0.25, 0.3) is 10.9 Å². The molecule has 1 aromatic carbocycles. The number of carbonyl (C=O) groups excluding carboxylic acids is 1. The van der Waals surface area contributed by atoms with Crippen LogP contribution in [0.5, 0.6) is 0 Å².